The summed E-state index contributed by atoms with van der Waals surface area (Å²) in [5.41, 5.74) is 4.01. The fraction of sp³-hybridized carbons (Fsp3) is 0.120. The number of amides is 1. The van der Waals surface area contributed by atoms with Gasteiger partial charge in [-0.1, -0.05) is 72.3 Å². The molecule has 0 saturated carbocycles. The third kappa shape index (κ3) is 4.20. The third-order valence-corrected chi connectivity index (χ3v) is 6.16. The lowest BCUT2D eigenvalue weighted by Gasteiger charge is -2.43. The molecule has 3 aromatic carbocycles. The highest BCUT2D eigenvalue weighted by molar-refractivity contribution is 7.80. The van der Waals surface area contributed by atoms with Crippen molar-refractivity contribution in [1.29, 1.82) is 0 Å². The van der Waals surface area contributed by atoms with Crippen LogP contribution < -0.4 is 5.32 Å². The molecule has 1 atom stereocenters. The maximum atomic E-state index is 13.7. The van der Waals surface area contributed by atoms with Crippen LogP contribution in [0.15, 0.2) is 90.5 Å². The molecule has 1 unspecified atom stereocenters. The van der Waals surface area contributed by atoms with Crippen LogP contribution in [0, 0.1) is 0 Å². The molecule has 1 amide bonds. The van der Waals surface area contributed by atoms with Crippen molar-refractivity contribution in [3.8, 4) is 0 Å². The predicted molar refractivity (Wildman–Crippen MR) is 131 cm³/mol. The Bertz CT molecular complexity index is 1130. The van der Waals surface area contributed by atoms with Crippen LogP contribution in [0.3, 0.4) is 0 Å². The van der Waals surface area contributed by atoms with Gasteiger partial charge in [-0.15, -0.1) is 0 Å². The van der Waals surface area contributed by atoms with E-state index in [9.17, 15) is 4.79 Å². The largest absolute Gasteiger partial charge is 0.340 e. The van der Waals surface area contributed by atoms with Gasteiger partial charge in [0.2, 0.25) is 0 Å². The summed E-state index contributed by atoms with van der Waals surface area (Å²) in [7, 11) is 3.81. The topological polar surface area (TPSA) is 35.6 Å². The standard InChI is InChI=1S/C25H22ClN3OS/c1-28-22(17-9-5-3-6-10-17)21(24(30)27-20-11-7-4-8-12-20)23(29(2)25(28)31)18-13-15-19(26)16-14-18/h3-16,23H,1-2H3,(H,27,30). The van der Waals surface area contributed by atoms with Gasteiger partial charge >= 0.3 is 0 Å². The Balaban J connectivity index is 1.92. The van der Waals surface area contributed by atoms with E-state index >= 15 is 0 Å². The van der Waals surface area contributed by atoms with E-state index in [4.69, 9.17) is 23.8 Å². The summed E-state index contributed by atoms with van der Waals surface area (Å²) < 4.78 is 0. The van der Waals surface area contributed by atoms with Gasteiger partial charge in [0.05, 0.1) is 17.3 Å². The maximum absolute atomic E-state index is 13.7. The zero-order valence-electron chi connectivity index (χ0n) is 17.2. The first-order valence-corrected chi connectivity index (χ1v) is 10.7. The Labute approximate surface area is 192 Å². The minimum Gasteiger partial charge on any atom is -0.340 e. The van der Waals surface area contributed by atoms with E-state index < -0.39 is 0 Å². The fourth-order valence-electron chi connectivity index (χ4n) is 3.88. The Kier molecular flexibility index (Phi) is 6.07. The SMILES string of the molecule is CN1C(=S)N(C)C(c2ccc(Cl)cc2)C(C(=O)Nc2ccccc2)=C1c1ccccc1. The van der Waals surface area contributed by atoms with E-state index in [0.29, 0.717) is 15.7 Å². The summed E-state index contributed by atoms with van der Waals surface area (Å²) in [5, 5.41) is 4.34. The van der Waals surface area contributed by atoms with Crippen LogP contribution in [0.25, 0.3) is 5.70 Å². The second kappa shape index (κ2) is 8.92. The van der Waals surface area contributed by atoms with Crippen LogP contribution in [0.5, 0.6) is 0 Å². The molecule has 0 saturated heterocycles. The Morgan fingerprint density at radius 3 is 2.10 bits per heavy atom. The van der Waals surface area contributed by atoms with Crippen molar-refractivity contribution < 1.29 is 4.79 Å². The average molecular weight is 448 g/mol. The van der Waals surface area contributed by atoms with Crippen molar-refractivity contribution in [3.63, 3.8) is 0 Å². The van der Waals surface area contributed by atoms with Gasteiger partial charge in [0.15, 0.2) is 5.11 Å². The smallest absolute Gasteiger partial charge is 0.256 e. The van der Waals surface area contributed by atoms with Crippen molar-refractivity contribution in [2.45, 2.75) is 6.04 Å². The molecule has 0 radical (unpaired) electrons. The van der Waals surface area contributed by atoms with Crippen molar-refractivity contribution in [3.05, 3.63) is 107 Å². The summed E-state index contributed by atoms with van der Waals surface area (Å²) in [5.74, 6) is -0.175. The summed E-state index contributed by atoms with van der Waals surface area (Å²) >= 11 is 11.9. The highest BCUT2D eigenvalue weighted by atomic mass is 35.5. The van der Waals surface area contributed by atoms with Gasteiger partial charge in [0, 0.05) is 24.8 Å². The lowest BCUT2D eigenvalue weighted by Crippen LogP contribution is -2.47. The number of nitrogens with one attached hydrogen (secondary N) is 1. The van der Waals surface area contributed by atoms with Gasteiger partial charge in [-0.2, -0.15) is 0 Å². The number of thiocarbonyl (C=S) groups is 1. The van der Waals surface area contributed by atoms with Crippen LogP contribution in [-0.4, -0.2) is 34.9 Å². The van der Waals surface area contributed by atoms with Gasteiger partial charge in [0.1, 0.15) is 0 Å². The van der Waals surface area contributed by atoms with E-state index in [1.807, 2.05) is 109 Å². The van der Waals surface area contributed by atoms with Crippen molar-refractivity contribution in [2.75, 3.05) is 19.4 Å². The van der Waals surface area contributed by atoms with Gasteiger partial charge in [0.25, 0.3) is 5.91 Å². The van der Waals surface area contributed by atoms with Crippen LogP contribution in [-0.2, 0) is 4.79 Å². The molecule has 0 fully saturated rings. The number of anilines is 1. The second-order valence-corrected chi connectivity index (χ2v) is 8.16. The van der Waals surface area contributed by atoms with Gasteiger partial charge < -0.3 is 15.1 Å². The van der Waals surface area contributed by atoms with Crippen LogP contribution in [0.2, 0.25) is 5.02 Å². The predicted octanol–water partition coefficient (Wildman–Crippen LogP) is 5.59. The molecule has 4 nitrogen and oxygen atoms in total. The number of hydrogen-bond donors (Lipinski definition) is 1. The highest BCUT2D eigenvalue weighted by Crippen LogP contribution is 2.40. The number of hydrogen-bond acceptors (Lipinski definition) is 2. The summed E-state index contributed by atoms with van der Waals surface area (Å²) in [6.07, 6.45) is 0. The minimum absolute atomic E-state index is 0.175. The molecule has 0 aromatic heterocycles. The van der Waals surface area contributed by atoms with Crippen LogP contribution in [0.4, 0.5) is 5.69 Å². The minimum atomic E-state index is -0.361. The van der Waals surface area contributed by atoms with Crippen molar-refractivity contribution >= 4 is 46.2 Å². The van der Waals surface area contributed by atoms with E-state index in [0.717, 1.165) is 22.5 Å². The van der Waals surface area contributed by atoms with E-state index in [2.05, 4.69) is 5.32 Å². The Morgan fingerprint density at radius 1 is 0.903 bits per heavy atom. The highest BCUT2D eigenvalue weighted by Gasteiger charge is 2.38. The molecule has 6 heteroatoms. The molecule has 1 N–H and O–H groups in total. The molecule has 0 bridgehead atoms. The Morgan fingerprint density at radius 2 is 1.48 bits per heavy atom. The number of benzene rings is 3. The van der Waals surface area contributed by atoms with E-state index in [-0.39, 0.29) is 11.9 Å². The normalized spacial score (nSPS) is 16.5. The lowest BCUT2D eigenvalue weighted by molar-refractivity contribution is -0.113. The van der Waals surface area contributed by atoms with E-state index in [1.165, 1.54) is 0 Å². The lowest BCUT2D eigenvalue weighted by atomic mass is 9.90. The molecule has 1 aliphatic rings. The first-order valence-electron chi connectivity index (χ1n) is 9.89. The molecule has 1 heterocycles. The zero-order valence-corrected chi connectivity index (χ0v) is 18.8. The number of carbonyl (C=O) groups excluding carboxylic acids is 1. The summed E-state index contributed by atoms with van der Waals surface area (Å²) in [4.78, 5) is 17.6. The molecule has 3 aromatic rings. The average Bonchev–Trinajstić information content (AvgIpc) is 2.79. The number of halogens is 1. The van der Waals surface area contributed by atoms with Crippen LogP contribution >= 0.6 is 23.8 Å². The summed E-state index contributed by atoms with van der Waals surface area (Å²) in [6.45, 7) is 0. The van der Waals surface area contributed by atoms with E-state index in [1.54, 1.807) is 0 Å². The molecular formula is C25H22ClN3OS. The zero-order chi connectivity index (χ0) is 22.0. The number of carbonyl (C=O) groups is 1. The molecule has 156 valence electrons. The molecule has 0 aliphatic carbocycles. The first-order chi connectivity index (χ1) is 15.0. The number of rotatable bonds is 4. The molecule has 31 heavy (non-hydrogen) atoms. The molecule has 0 spiro atoms. The van der Waals surface area contributed by atoms with Gasteiger partial charge in [-0.25, -0.2) is 0 Å². The number of nitrogens with zero attached hydrogens (tertiary/aromatic N) is 2. The molecular weight excluding hydrogens is 426 g/mol. The summed E-state index contributed by atoms with van der Waals surface area (Å²) in [6, 6.07) is 26.5. The maximum Gasteiger partial charge on any atom is 0.256 e. The monoisotopic (exact) mass is 447 g/mol. The quantitative estimate of drug-likeness (QED) is 0.528. The fourth-order valence-corrected chi connectivity index (χ4v) is 4.20. The first kappa shape index (κ1) is 21.1. The molecule has 4 rings (SSSR count). The van der Waals surface area contributed by atoms with Gasteiger partial charge in [-0.3, -0.25) is 4.79 Å². The van der Waals surface area contributed by atoms with Gasteiger partial charge in [-0.05, 0) is 47.6 Å². The second-order valence-electron chi connectivity index (χ2n) is 7.36. The van der Waals surface area contributed by atoms with Crippen molar-refractivity contribution in [2.24, 2.45) is 0 Å². The third-order valence-electron chi connectivity index (χ3n) is 5.35. The van der Waals surface area contributed by atoms with Crippen LogP contribution in [0.1, 0.15) is 17.2 Å². The number of para-hydroxylation sites is 1. The Hall–Kier alpha value is -3.15. The number of likely N-dealkylation sites (N-methyl/N-ethyl adjacent to an activating group) is 1. The van der Waals surface area contributed by atoms with Crippen molar-refractivity contribution in [1.82, 2.24) is 9.80 Å². The molecule has 1 aliphatic heterocycles.